The monoisotopic (exact) mass is 318 g/mol. The van der Waals surface area contributed by atoms with Crippen molar-refractivity contribution in [2.75, 3.05) is 6.54 Å². The van der Waals surface area contributed by atoms with Crippen LogP contribution in [0.25, 0.3) is 5.69 Å². The van der Waals surface area contributed by atoms with Gasteiger partial charge < -0.3 is 5.32 Å². The minimum atomic E-state index is -0.307. The van der Waals surface area contributed by atoms with E-state index in [1.165, 1.54) is 0 Å². The highest BCUT2D eigenvalue weighted by Gasteiger charge is 2.17. The molecule has 1 N–H and O–H groups in total. The lowest BCUT2D eigenvalue weighted by Gasteiger charge is -2.05. The molecular formula is C19H18N4O. The van der Waals surface area contributed by atoms with Crippen molar-refractivity contribution in [2.24, 2.45) is 0 Å². The van der Waals surface area contributed by atoms with Gasteiger partial charge in [-0.2, -0.15) is 0 Å². The largest absolute Gasteiger partial charge is 0.346 e. The third kappa shape index (κ3) is 3.57. The summed E-state index contributed by atoms with van der Waals surface area (Å²) in [5.74, 6) is 0.571. The molecule has 0 bridgehead atoms. The van der Waals surface area contributed by atoms with E-state index in [4.69, 9.17) is 0 Å². The Bertz CT molecular complexity index is 825. The van der Waals surface area contributed by atoms with E-state index < -0.39 is 0 Å². The predicted molar refractivity (Wildman–Crippen MR) is 93.1 cm³/mol. The van der Waals surface area contributed by atoms with E-state index in [0.717, 1.165) is 17.1 Å². The molecule has 0 unspecified atom stereocenters. The fourth-order valence-electron chi connectivity index (χ4n) is 2.35. The number of nitrogens with one attached hydrogen (secondary N) is 1. The number of benzene rings is 2. The van der Waals surface area contributed by atoms with Gasteiger partial charge in [-0.15, -0.1) is 11.7 Å². The Balaban J connectivity index is 1.97. The maximum Gasteiger partial charge on any atom is 0.291 e. The van der Waals surface area contributed by atoms with Crippen LogP contribution in [0.15, 0.2) is 73.3 Å². The standard InChI is InChI=1S/C19H18N4O/c1-2-13-20-19(24)18-21-17(14-15-9-5-3-6-10-15)23(22-18)16-11-7-4-8-12-16/h2-12H,1,13-14H2,(H,20,24). The van der Waals surface area contributed by atoms with Gasteiger partial charge in [0.1, 0.15) is 5.82 Å². The number of rotatable bonds is 6. The zero-order valence-corrected chi connectivity index (χ0v) is 13.2. The number of carbonyl (C=O) groups excluding carboxylic acids is 1. The third-order valence-electron chi connectivity index (χ3n) is 3.49. The molecule has 24 heavy (non-hydrogen) atoms. The Morgan fingerprint density at radius 1 is 1.08 bits per heavy atom. The van der Waals surface area contributed by atoms with E-state index in [1.807, 2.05) is 60.7 Å². The lowest BCUT2D eigenvalue weighted by molar-refractivity contribution is 0.0947. The summed E-state index contributed by atoms with van der Waals surface area (Å²) in [6.45, 7) is 3.97. The van der Waals surface area contributed by atoms with Crippen LogP contribution in [0.1, 0.15) is 22.0 Å². The van der Waals surface area contributed by atoms with Crippen molar-refractivity contribution in [2.45, 2.75) is 6.42 Å². The highest BCUT2D eigenvalue weighted by Crippen LogP contribution is 2.13. The van der Waals surface area contributed by atoms with Crippen LogP contribution in [0.3, 0.4) is 0 Å². The quantitative estimate of drug-likeness (QED) is 0.711. The Morgan fingerprint density at radius 2 is 1.75 bits per heavy atom. The maximum absolute atomic E-state index is 12.2. The first-order valence-corrected chi connectivity index (χ1v) is 7.72. The van der Waals surface area contributed by atoms with Crippen molar-refractivity contribution in [3.8, 4) is 5.69 Å². The van der Waals surface area contributed by atoms with Crippen LogP contribution in [0.5, 0.6) is 0 Å². The van der Waals surface area contributed by atoms with Crippen molar-refractivity contribution >= 4 is 5.91 Å². The molecule has 2 aromatic carbocycles. The predicted octanol–water partition coefficient (Wildman–Crippen LogP) is 2.77. The fourth-order valence-corrected chi connectivity index (χ4v) is 2.35. The highest BCUT2D eigenvalue weighted by atomic mass is 16.2. The van der Waals surface area contributed by atoms with Crippen LogP contribution in [-0.2, 0) is 6.42 Å². The zero-order valence-electron chi connectivity index (χ0n) is 13.2. The molecule has 1 amide bonds. The summed E-state index contributed by atoms with van der Waals surface area (Å²) in [4.78, 5) is 16.6. The molecule has 1 heterocycles. The molecule has 0 saturated heterocycles. The summed E-state index contributed by atoms with van der Waals surface area (Å²) in [6, 6.07) is 19.7. The summed E-state index contributed by atoms with van der Waals surface area (Å²) in [5.41, 5.74) is 1.99. The van der Waals surface area contributed by atoms with Gasteiger partial charge in [-0.25, -0.2) is 9.67 Å². The maximum atomic E-state index is 12.2. The second kappa shape index (κ2) is 7.37. The van der Waals surface area contributed by atoms with Gasteiger partial charge >= 0.3 is 0 Å². The normalized spacial score (nSPS) is 10.3. The van der Waals surface area contributed by atoms with Crippen LogP contribution >= 0.6 is 0 Å². The van der Waals surface area contributed by atoms with E-state index in [2.05, 4.69) is 22.0 Å². The molecule has 5 heteroatoms. The average molecular weight is 318 g/mol. The van der Waals surface area contributed by atoms with Crippen molar-refractivity contribution in [3.05, 3.63) is 90.5 Å². The van der Waals surface area contributed by atoms with Crippen LogP contribution in [-0.4, -0.2) is 27.2 Å². The smallest absolute Gasteiger partial charge is 0.291 e. The summed E-state index contributed by atoms with van der Waals surface area (Å²) >= 11 is 0. The van der Waals surface area contributed by atoms with Gasteiger partial charge in [-0.05, 0) is 17.7 Å². The molecule has 120 valence electrons. The van der Waals surface area contributed by atoms with Crippen LogP contribution < -0.4 is 5.32 Å². The SMILES string of the molecule is C=CCNC(=O)c1nc(Cc2ccccc2)n(-c2ccccc2)n1. The molecular weight excluding hydrogens is 300 g/mol. The fraction of sp³-hybridized carbons (Fsp3) is 0.105. The minimum Gasteiger partial charge on any atom is -0.346 e. The minimum absolute atomic E-state index is 0.159. The zero-order chi connectivity index (χ0) is 16.8. The van der Waals surface area contributed by atoms with Crippen molar-refractivity contribution in [1.82, 2.24) is 20.1 Å². The van der Waals surface area contributed by atoms with Crippen molar-refractivity contribution in [1.29, 1.82) is 0 Å². The van der Waals surface area contributed by atoms with Crippen molar-refractivity contribution in [3.63, 3.8) is 0 Å². The van der Waals surface area contributed by atoms with Gasteiger partial charge in [0.2, 0.25) is 5.82 Å². The summed E-state index contributed by atoms with van der Waals surface area (Å²) < 4.78 is 1.72. The molecule has 0 fully saturated rings. The van der Waals surface area contributed by atoms with Crippen LogP contribution in [0, 0.1) is 0 Å². The number of aromatic nitrogens is 3. The number of hydrogen-bond acceptors (Lipinski definition) is 3. The molecule has 1 aromatic heterocycles. The van der Waals surface area contributed by atoms with E-state index in [0.29, 0.717) is 13.0 Å². The number of amides is 1. The molecule has 3 aromatic rings. The van der Waals surface area contributed by atoms with Gasteiger partial charge in [0.05, 0.1) is 5.69 Å². The van der Waals surface area contributed by atoms with E-state index in [1.54, 1.807) is 10.8 Å². The Kier molecular flexibility index (Phi) is 4.81. The number of hydrogen-bond donors (Lipinski definition) is 1. The first-order valence-electron chi connectivity index (χ1n) is 7.72. The summed E-state index contributed by atoms with van der Waals surface area (Å²) in [7, 11) is 0. The van der Waals surface area contributed by atoms with Gasteiger partial charge in [0.15, 0.2) is 0 Å². The Labute approximate surface area is 140 Å². The molecule has 0 aliphatic rings. The molecule has 0 aliphatic carbocycles. The topological polar surface area (TPSA) is 59.8 Å². The number of para-hydroxylation sites is 1. The van der Waals surface area contributed by atoms with Gasteiger partial charge in [-0.1, -0.05) is 54.6 Å². The highest BCUT2D eigenvalue weighted by molar-refractivity contribution is 5.90. The lowest BCUT2D eigenvalue weighted by atomic mass is 10.1. The van der Waals surface area contributed by atoms with E-state index in [9.17, 15) is 4.79 Å². The first kappa shape index (κ1) is 15.7. The Morgan fingerprint density at radius 3 is 2.42 bits per heavy atom. The Hall–Kier alpha value is -3.21. The van der Waals surface area contributed by atoms with Gasteiger partial charge in [0, 0.05) is 13.0 Å². The molecule has 3 rings (SSSR count). The first-order chi connectivity index (χ1) is 11.8. The van der Waals surface area contributed by atoms with Crippen molar-refractivity contribution < 1.29 is 4.79 Å². The molecule has 0 aliphatic heterocycles. The van der Waals surface area contributed by atoms with E-state index in [-0.39, 0.29) is 11.7 Å². The summed E-state index contributed by atoms with van der Waals surface area (Å²) in [6.07, 6.45) is 2.22. The molecule has 0 spiro atoms. The number of nitrogens with zero attached hydrogens (tertiary/aromatic N) is 3. The van der Waals surface area contributed by atoms with Gasteiger partial charge in [-0.3, -0.25) is 4.79 Å². The summed E-state index contributed by atoms with van der Waals surface area (Å²) in [5, 5.41) is 7.10. The molecule has 0 atom stereocenters. The van der Waals surface area contributed by atoms with Crippen LogP contribution in [0.2, 0.25) is 0 Å². The number of carbonyl (C=O) groups is 1. The second-order valence-corrected chi connectivity index (χ2v) is 5.26. The second-order valence-electron chi connectivity index (χ2n) is 5.26. The van der Waals surface area contributed by atoms with Crippen LogP contribution in [0.4, 0.5) is 0 Å². The van der Waals surface area contributed by atoms with Gasteiger partial charge in [0.25, 0.3) is 5.91 Å². The third-order valence-corrected chi connectivity index (χ3v) is 3.49. The van der Waals surface area contributed by atoms with E-state index >= 15 is 0 Å². The average Bonchev–Trinajstić information content (AvgIpc) is 3.05. The molecule has 0 saturated carbocycles. The molecule has 5 nitrogen and oxygen atoms in total. The molecule has 0 radical (unpaired) electrons. The lowest BCUT2D eigenvalue weighted by Crippen LogP contribution is -2.24.